The van der Waals surface area contributed by atoms with Crippen LogP contribution in [0.5, 0.6) is 0 Å². The minimum Gasteiger partial charge on any atom is -0.359 e. The van der Waals surface area contributed by atoms with Crippen molar-refractivity contribution in [1.82, 2.24) is 10.2 Å². The summed E-state index contributed by atoms with van der Waals surface area (Å²) in [5.74, 6) is -1.89. The van der Waals surface area contributed by atoms with E-state index in [2.05, 4.69) is 17.6 Å². The minimum atomic E-state index is -1.19. The van der Waals surface area contributed by atoms with Crippen molar-refractivity contribution in [2.45, 2.75) is 69.9 Å². The molecule has 2 saturated heterocycles. The van der Waals surface area contributed by atoms with Gasteiger partial charge in [-0.25, -0.2) is 0 Å². The summed E-state index contributed by atoms with van der Waals surface area (Å²) in [6.45, 7) is 4.35. The third-order valence-electron chi connectivity index (χ3n) is 8.92. The maximum absolute atomic E-state index is 14.2. The van der Waals surface area contributed by atoms with Gasteiger partial charge in [-0.05, 0) is 61.1 Å². The minimum absolute atomic E-state index is 0.0529. The van der Waals surface area contributed by atoms with Gasteiger partial charge in [-0.15, -0.1) is 0 Å². The summed E-state index contributed by atoms with van der Waals surface area (Å²) < 4.78 is 6.47. The number of hydrogen-bond donors (Lipinski definition) is 2. The van der Waals surface area contributed by atoms with E-state index in [0.29, 0.717) is 16.6 Å². The Morgan fingerprint density at radius 3 is 2.62 bits per heavy atom. The second-order valence-corrected chi connectivity index (χ2v) is 12.0. The molecule has 2 N–H and O–H groups in total. The topological polar surface area (TPSA) is 87.7 Å². The number of carbonyl (C=O) groups is 3. The number of amides is 3. The van der Waals surface area contributed by atoms with Crippen molar-refractivity contribution < 1.29 is 19.1 Å². The number of likely N-dealkylation sites (tertiary alicyclic amines) is 1. The average Bonchev–Trinajstić information content (AvgIpc) is 3.54. The SMILES string of the molecule is Cc1cccc(NC(=O)[C@H]2[C@H]3C=C[C@@]4(O3)[C@H]2C(=O)N(Cc2ccc(Cl)cc2)[C@@H]4C(=O)N[C@@H]2CCCC[C@@H]2C)c1. The number of ether oxygens (including phenoxy) is 1. The molecule has 1 saturated carbocycles. The molecule has 0 radical (unpaired) electrons. The summed E-state index contributed by atoms with van der Waals surface area (Å²) in [6.07, 6.45) is 7.35. The largest absolute Gasteiger partial charge is 0.359 e. The number of anilines is 1. The summed E-state index contributed by atoms with van der Waals surface area (Å²) in [4.78, 5) is 43.4. The Morgan fingerprint density at radius 1 is 1.10 bits per heavy atom. The van der Waals surface area contributed by atoms with Crippen LogP contribution in [0, 0.1) is 24.7 Å². The van der Waals surface area contributed by atoms with Crippen LogP contribution in [0.4, 0.5) is 5.69 Å². The third-order valence-corrected chi connectivity index (χ3v) is 9.17. The molecule has 3 amide bonds. The lowest BCUT2D eigenvalue weighted by Crippen LogP contribution is -2.57. The molecule has 2 aromatic rings. The first-order valence-corrected chi connectivity index (χ1v) is 14.2. The molecular formula is C31H34ClN3O4. The van der Waals surface area contributed by atoms with E-state index in [9.17, 15) is 14.4 Å². The molecule has 7 nitrogen and oxygen atoms in total. The van der Waals surface area contributed by atoms with E-state index in [1.807, 2.05) is 55.5 Å². The second-order valence-electron chi connectivity index (χ2n) is 11.5. The number of hydrogen-bond acceptors (Lipinski definition) is 4. The Kier molecular flexibility index (Phi) is 6.76. The zero-order valence-corrected chi connectivity index (χ0v) is 23.0. The number of carbonyl (C=O) groups excluding carboxylic acids is 3. The molecule has 204 valence electrons. The Hall–Kier alpha value is -3.16. The van der Waals surface area contributed by atoms with E-state index < -0.39 is 29.6 Å². The van der Waals surface area contributed by atoms with Gasteiger partial charge in [-0.3, -0.25) is 14.4 Å². The van der Waals surface area contributed by atoms with Gasteiger partial charge in [0, 0.05) is 23.3 Å². The Morgan fingerprint density at radius 2 is 1.87 bits per heavy atom. The van der Waals surface area contributed by atoms with E-state index in [1.54, 1.807) is 17.0 Å². The van der Waals surface area contributed by atoms with Crippen LogP contribution in [-0.2, 0) is 25.7 Å². The number of halogens is 1. The van der Waals surface area contributed by atoms with Crippen LogP contribution in [0.1, 0.15) is 43.7 Å². The van der Waals surface area contributed by atoms with Gasteiger partial charge in [0.05, 0.1) is 17.9 Å². The summed E-state index contributed by atoms with van der Waals surface area (Å²) >= 11 is 6.10. The molecule has 8 heteroatoms. The fraction of sp³-hybridized carbons (Fsp3) is 0.452. The molecule has 1 spiro atoms. The predicted octanol–water partition coefficient (Wildman–Crippen LogP) is 4.63. The van der Waals surface area contributed by atoms with E-state index in [-0.39, 0.29) is 30.3 Å². The van der Waals surface area contributed by atoms with Gasteiger partial charge in [0.25, 0.3) is 0 Å². The Bertz CT molecular complexity index is 1330. The number of nitrogens with one attached hydrogen (secondary N) is 2. The van der Waals surface area contributed by atoms with Gasteiger partial charge in [0.1, 0.15) is 11.6 Å². The lowest BCUT2D eigenvalue weighted by Gasteiger charge is -2.36. The van der Waals surface area contributed by atoms with Crippen molar-refractivity contribution in [3.05, 3.63) is 76.8 Å². The number of aryl methyl sites for hydroxylation is 1. The highest BCUT2D eigenvalue weighted by Crippen LogP contribution is 2.55. The molecule has 6 rings (SSSR count). The molecule has 1 aliphatic carbocycles. The Labute approximate surface area is 233 Å². The molecule has 3 aliphatic heterocycles. The van der Waals surface area contributed by atoms with Crippen LogP contribution in [-0.4, -0.2) is 46.4 Å². The molecule has 4 aliphatic rings. The van der Waals surface area contributed by atoms with E-state index in [0.717, 1.165) is 36.8 Å². The molecule has 0 unspecified atom stereocenters. The molecular weight excluding hydrogens is 514 g/mol. The molecule has 3 heterocycles. The normalized spacial score (nSPS) is 32.8. The first-order valence-electron chi connectivity index (χ1n) is 13.9. The second kappa shape index (κ2) is 10.1. The van der Waals surface area contributed by atoms with Gasteiger partial charge < -0.3 is 20.3 Å². The average molecular weight is 548 g/mol. The highest BCUT2D eigenvalue weighted by molar-refractivity contribution is 6.30. The van der Waals surface area contributed by atoms with Crippen LogP contribution >= 0.6 is 11.6 Å². The molecule has 2 aromatic carbocycles. The quantitative estimate of drug-likeness (QED) is 0.516. The third kappa shape index (κ3) is 4.55. The highest BCUT2D eigenvalue weighted by atomic mass is 35.5. The number of fused-ring (bicyclic) bond motifs is 1. The molecule has 7 atom stereocenters. The predicted molar refractivity (Wildman–Crippen MR) is 149 cm³/mol. The molecule has 3 fully saturated rings. The summed E-state index contributed by atoms with van der Waals surface area (Å²) in [5, 5.41) is 6.85. The molecule has 0 aromatic heterocycles. The first kappa shape index (κ1) is 26.1. The lowest BCUT2D eigenvalue weighted by atomic mass is 9.74. The Balaban J connectivity index is 1.33. The smallest absolute Gasteiger partial charge is 0.246 e. The van der Waals surface area contributed by atoms with E-state index in [4.69, 9.17) is 16.3 Å². The zero-order valence-electron chi connectivity index (χ0n) is 22.2. The van der Waals surface area contributed by atoms with Gasteiger partial charge in [-0.1, -0.05) is 67.8 Å². The number of nitrogens with zero attached hydrogens (tertiary/aromatic N) is 1. The van der Waals surface area contributed by atoms with Gasteiger partial charge in [0.2, 0.25) is 17.7 Å². The summed E-state index contributed by atoms with van der Waals surface area (Å²) in [5.41, 5.74) is 1.36. The standard InChI is InChI=1S/C31H34ClN3O4/c1-18-6-5-8-22(16-18)33-28(36)25-24-14-15-31(39-24)26(25)30(38)35(17-20-10-12-21(32)13-11-20)27(31)29(37)34-23-9-4-3-7-19(23)2/h5-6,8,10-16,19,23-27H,3-4,7,9,17H2,1-2H3,(H,33,36)(H,34,37)/t19-,23+,24+,25-,26+,27+,31+/m0/s1. The molecule has 39 heavy (non-hydrogen) atoms. The van der Waals surface area contributed by atoms with Gasteiger partial charge >= 0.3 is 0 Å². The summed E-state index contributed by atoms with van der Waals surface area (Å²) in [6, 6.07) is 14.0. The van der Waals surface area contributed by atoms with Gasteiger partial charge in [0.15, 0.2) is 0 Å². The van der Waals surface area contributed by atoms with Crippen molar-refractivity contribution in [2.24, 2.45) is 17.8 Å². The maximum Gasteiger partial charge on any atom is 0.246 e. The van der Waals surface area contributed by atoms with Crippen LogP contribution < -0.4 is 10.6 Å². The van der Waals surface area contributed by atoms with Crippen molar-refractivity contribution in [1.29, 1.82) is 0 Å². The fourth-order valence-corrected chi connectivity index (χ4v) is 7.09. The lowest BCUT2D eigenvalue weighted by molar-refractivity contribution is -0.142. The van der Waals surface area contributed by atoms with Gasteiger partial charge in [-0.2, -0.15) is 0 Å². The van der Waals surface area contributed by atoms with Crippen molar-refractivity contribution in [2.75, 3.05) is 5.32 Å². The van der Waals surface area contributed by atoms with Crippen LogP contribution in [0.3, 0.4) is 0 Å². The first-order chi connectivity index (χ1) is 18.8. The van der Waals surface area contributed by atoms with E-state index >= 15 is 0 Å². The van der Waals surface area contributed by atoms with Crippen LogP contribution in [0.25, 0.3) is 0 Å². The zero-order chi connectivity index (χ0) is 27.3. The maximum atomic E-state index is 14.2. The number of rotatable bonds is 6. The van der Waals surface area contributed by atoms with Crippen LogP contribution in [0.15, 0.2) is 60.7 Å². The fourth-order valence-electron chi connectivity index (χ4n) is 6.97. The van der Waals surface area contributed by atoms with E-state index in [1.165, 1.54) is 0 Å². The van der Waals surface area contributed by atoms with Crippen molar-refractivity contribution >= 4 is 35.0 Å². The molecule has 2 bridgehead atoms. The number of benzene rings is 2. The van der Waals surface area contributed by atoms with Crippen molar-refractivity contribution in [3.63, 3.8) is 0 Å². The highest BCUT2D eigenvalue weighted by Gasteiger charge is 2.72. The van der Waals surface area contributed by atoms with Crippen LogP contribution in [0.2, 0.25) is 5.02 Å². The summed E-state index contributed by atoms with van der Waals surface area (Å²) in [7, 11) is 0. The monoisotopic (exact) mass is 547 g/mol. The van der Waals surface area contributed by atoms with Crippen molar-refractivity contribution in [3.8, 4) is 0 Å².